The lowest BCUT2D eigenvalue weighted by Crippen LogP contribution is -2.27. The summed E-state index contributed by atoms with van der Waals surface area (Å²) in [6.45, 7) is 0. The number of benzene rings is 1. The third-order valence-corrected chi connectivity index (χ3v) is 4.55. The molecule has 3 aromatic rings. The Hall–Kier alpha value is -2.96. The van der Waals surface area contributed by atoms with Gasteiger partial charge in [0.15, 0.2) is 5.65 Å². The normalized spacial score (nSPS) is 19.0. The molecule has 1 N–H and O–H groups in total. The maximum Gasteiger partial charge on any atom is 0.256 e. The van der Waals surface area contributed by atoms with E-state index in [-0.39, 0.29) is 23.7 Å². The van der Waals surface area contributed by atoms with E-state index in [2.05, 4.69) is 15.4 Å². The second kappa shape index (κ2) is 5.84. The van der Waals surface area contributed by atoms with Crippen LogP contribution in [0.1, 0.15) is 28.3 Å². The molecule has 2 aromatic heterocycles. The Kier molecular flexibility index (Phi) is 3.63. The average Bonchev–Trinajstić information content (AvgIpc) is 3.27. The highest BCUT2D eigenvalue weighted by Gasteiger charge is 2.40. The highest BCUT2D eigenvalue weighted by atomic mass is 19.1. The Morgan fingerprint density at radius 2 is 2.24 bits per heavy atom. The zero-order valence-electron chi connectivity index (χ0n) is 13.9. The number of aromatic nitrogens is 3. The summed E-state index contributed by atoms with van der Waals surface area (Å²) in [6.07, 6.45) is 3.92. The van der Waals surface area contributed by atoms with Crippen LogP contribution < -0.4 is 10.1 Å². The molecule has 1 saturated carbocycles. The maximum atomic E-state index is 13.3. The van der Waals surface area contributed by atoms with Crippen LogP contribution in [-0.2, 0) is 7.05 Å². The van der Waals surface area contributed by atoms with Gasteiger partial charge in [0.1, 0.15) is 17.1 Å². The van der Waals surface area contributed by atoms with Crippen LogP contribution in [-0.4, -0.2) is 33.8 Å². The van der Waals surface area contributed by atoms with Crippen LogP contribution >= 0.6 is 0 Å². The number of halogens is 1. The van der Waals surface area contributed by atoms with Crippen molar-refractivity contribution in [3.8, 4) is 5.75 Å². The molecule has 0 radical (unpaired) electrons. The van der Waals surface area contributed by atoms with Gasteiger partial charge in [0.05, 0.1) is 18.7 Å². The first kappa shape index (κ1) is 15.6. The number of ether oxygens (including phenoxy) is 1. The SMILES string of the molecule is COc1c(C(=O)N[C@H]2C[C@H]2c2cccc(F)c2)cnc2c1cnn2C. The molecule has 1 aliphatic rings. The first-order valence-electron chi connectivity index (χ1n) is 7.99. The summed E-state index contributed by atoms with van der Waals surface area (Å²) < 4.78 is 20.4. The Morgan fingerprint density at radius 1 is 1.40 bits per heavy atom. The predicted octanol–water partition coefficient (Wildman–Crippen LogP) is 2.40. The monoisotopic (exact) mass is 340 g/mol. The standard InChI is InChI=1S/C18H17FN4O2/c1-23-17-13(9-21-23)16(25-2)14(8-20-17)18(24)22-15-7-12(15)10-4-3-5-11(19)6-10/h3-6,8-9,12,15H,7H2,1-2H3,(H,22,24)/t12-,15-/m0/s1. The molecule has 2 heterocycles. The van der Waals surface area contributed by atoms with Gasteiger partial charge in [0, 0.05) is 25.2 Å². The first-order chi connectivity index (χ1) is 12.1. The number of methoxy groups -OCH3 is 1. The molecule has 7 heteroatoms. The lowest BCUT2D eigenvalue weighted by atomic mass is 10.1. The third kappa shape index (κ3) is 2.71. The van der Waals surface area contributed by atoms with E-state index in [1.165, 1.54) is 25.4 Å². The van der Waals surface area contributed by atoms with Crippen LogP contribution in [0, 0.1) is 5.82 Å². The van der Waals surface area contributed by atoms with Crippen LogP contribution in [0.3, 0.4) is 0 Å². The molecule has 0 aliphatic heterocycles. The Bertz CT molecular complexity index is 969. The number of amides is 1. The Morgan fingerprint density at radius 3 is 3.00 bits per heavy atom. The van der Waals surface area contributed by atoms with Crippen molar-refractivity contribution >= 4 is 16.9 Å². The quantitative estimate of drug-likeness (QED) is 0.792. The van der Waals surface area contributed by atoms with Crippen molar-refractivity contribution in [2.24, 2.45) is 7.05 Å². The largest absolute Gasteiger partial charge is 0.495 e. The van der Waals surface area contributed by atoms with E-state index >= 15 is 0 Å². The van der Waals surface area contributed by atoms with E-state index in [9.17, 15) is 9.18 Å². The van der Waals surface area contributed by atoms with E-state index < -0.39 is 0 Å². The van der Waals surface area contributed by atoms with Gasteiger partial charge in [-0.3, -0.25) is 9.48 Å². The Balaban J connectivity index is 1.55. The van der Waals surface area contributed by atoms with Crippen LogP contribution in [0.2, 0.25) is 0 Å². The summed E-state index contributed by atoms with van der Waals surface area (Å²) >= 11 is 0. The Labute approximate surface area is 143 Å². The number of fused-ring (bicyclic) bond motifs is 1. The molecule has 4 rings (SSSR count). The number of pyridine rings is 1. The van der Waals surface area contributed by atoms with Crippen molar-refractivity contribution in [2.75, 3.05) is 7.11 Å². The minimum Gasteiger partial charge on any atom is -0.495 e. The number of carbonyl (C=O) groups excluding carboxylic acids is 1. The van der Waals surface area contributed by atoms with Gasteiger partial charge in [-0.15, -0.1) is 0 Å². The number of rotatable bonds is 4. The minimum absolute atomic E-state index is 0.0106. The average molecular weight is 340 g/mol. The molecule has 1 aromatic carbocycles. The molecule has 0 spiro atoms. The van der Waals surface area contributed by atoms with Crippen LogP contribution in [0.5, 0.6) is 5.75 Å². The number of nitrogens with zero attached hydrogens (tertiary/aromatic N) is 3. The van der Waals surface area contributed by atoms with Crippen molar-refractivity contribution in [3.63, 3.8) is 0 Å². The van der Waals surface area contributed by atoms with Crippen molar-refractivity contribution in [2.45, 2.75) is 18.4 Å². The van der Waals surface area contributed by atoms with E-state index in [0.717, 1.165) is 12.0 Å². The van der Waals surface area contributed by atoms with E-state index in [1.54, 1.807) is 24.0 Å². The van der Waals surface area contributed by atoms with Crippen molar-refractivity contribution in [1.29, 1.82) is 0 Å². The molecular formula is C18H17FN4O2. The maximum absolute atomic E-state index is 13.3. The number of nitrogens with one attached hydrogen (secondary N) is 1. The van der Waals surface area contributed by atoms with Crippen LogP contribution in [0.15, 0.2) is 36.7 Å². The molecule has 1 fully saturated rings. The van der Waals surface area contributed by atoms with Gasteiger partial charge < -0.3 is 10.1 Å². The number of hydrogen-bond acceptors (Lipinski definition) is 4. The van der Waals surface area contributed by atoms with Gasteiger partial charge in [-0.1, -0.05) is 12.1 Å². The lowest BCUT2D eigenvalue weighted by Gasteiger charge is -2.10. The third-order valence-electron chi connectivity index (χ3n) is 4.55. The second-order valence-corrected chi connectivity index (χ2v) is 6.19. The zero-order valence-corrected chi connectivity index (χ0v) is 13.9. The summed E-state index contributed by atoms with van der Waals surface area (Å²) in [5, 5.41) is 7.81. The number of hydrogen-bond donors (Lipinski definition) is 1. The second-order valence-electron chi connectivity index (χ2n) is 6.19. The van der Waals surface area contributed by atoms with Gasteiger partial charge in [0.2, 0.25) is 0 Å². The summed E-state index contributed by atoms with van der Waals surface area (Å²) in [6, 6.07) is 6.48. The minimum atomic E-state index is -0.262. The summed E-state index contributed by atoms with van der Waals surface area (Å²) in [5.74, 6) is 0.0839. The van der Waals surface area contributed by atoms with Gasteiger partial charge in [-0.2, -0.15) is 5.10 Å². The fourth-order valence-electron chi connectivity index (χ4n) is 3.16. The van der Waals surface area contributed by atoms with Crippen molar-refractivity contribution < 1.29 is 13.9 Å². The molecule has 0 unspecified atom stereocenters. The van der Waals surface area contributed by atoms with Gasteiger partial charge in [0.25, 0.3) is 5.91 Å². The molecule has 2 atom stereocenters. The van der Waals surface area contributed by atoms with Crippen molar-refractivity contribution in [3.05, 3.63) is 53.6 Å². The van der Waals surface area contributed by atoms with Gasteiger partial charge in [-0.25, -0.2) is 9.37 Å². The molecule has 1 amide bonds. The first-order valence-corrected chi connectivity index (χ1v) is 7.99. The zero-order chi connectivity index (χ0) is 17.6. The van der Waals surface area contributed by atoms with Gasteiger partial charge >= 0.3 is 0 Å². The molecule has 1 aliphatic carbocycles. The van der Waals surface area contributed by atoms with Crippen LogP contribution in [0.4, 0.5) is 4.39 Å². The van der Waals surface area contributed by atoms with E-state index in [0.29, 0.717) is 22.3 Å². The van der Waals surface area contributed by atoms with Crippen molar-refractivity contribution in [1.82, 2.24) is 20.1 Å². The molecule has 25 heavy (non-hydrogen) atoms. The fraction of sp³-hybridized carbons (Fsp3) is 0.278. The molecule has 6 nitrogen and oxygen atoms in total. The number of aryl methyl sites for hydroxylation is 1. The fourth-order valence-corrected chi connectivity index (χ4v) is 3.16. The van der Waals surface area contributed by atoms with E-state index in [4.69, 9.17) is 4.74 Å². The smallest absolute Gasteiger partial charge is 0.256 e. The van der Waals surface area contributed by atoms with Crippen LogP contribution in [0.25, 0.3) is 11.0 Å². The highest BCUT2D eigenvalue weighted by molar-refractivity contribution is 6.02. The molecule has 0 bridgehead atoms. The summed E-state index contributed by atoms with van der Waals surface area (Å²) in [7, 11) is 3.30. The van der Waals surface area contributed by atoms with Gasteiger partial charge in [-0.05, 0) is 24.1 Å². The molecule has 0 saturated heterocycles. The molecular weight excluding hydrogens is 323 g/mol. The van der Waals surface area contributed by atoms with E-state index in [1.807, 2.05) is 6.07 Å². The summed E-state index contributed by atoms with van der Waals surface area (Å²) in [5.41, 5.74) is 1.92. The topological polar surface area (TPSA) is 69.0 Å². The number of carbonyl (C=O) groups is 1. The predicted molar refractivity (Wildman–Crippen MR) is 90.1 cm³/mol. The molecule has 128 valence electrons. The highest BCUT2D eigenvalue weighted by Crippen LogP contribution is 2.41. The lowest BCUT2D eigenvalue weighted by molar-refractivity contribution is 0.0947. The summed E-state index contributed by atoms with van der Waals surface area (Å²) in [4.78, 5) is 16.9.